The van der Waals surface area contributed by atoms with Crippen molar-refractivity contribution in [2.24, 2.45) is 0 Å². The van der Waals surface area contributed by atoms with E-state index in [4.69, 9.17) is 4.74 Å². The molecule has 122 valence electrons. The molecule has 0 aliphatic heterocycles. The number of methoxy groups -OCH3 is 1. The zero-order chi connectivity index (χ0) is 16.7. The SMILES string of the molecule is COc1cccc(NC(=O)c2cn3cc(C4CC4)[nH]c3cc2=O)n1. The Labute approximate surface area is 137 Å². The molecule has 0 unspecified atom stereocenters. The molecule has 1 fully saturated rings. The second-order valence-electron chi connectivity index (χ2n) is 5.85. The molecule has 3 heterocycles. The summed E-state index contributed by atoms with van der Waals surface area (Å²) in [5, 5.41) is 2.63. The average Bonchev–Trinajstić information content (AvgIpc) is 3.35. The number of fused-ring (bicyclic) bond motifs is 1. The number of carbonyl (C=O) groups excluding carboxylic acids is 1. The molecule has 3 aromatic heterocycles. The molecule has 1 saturated carbocycles. The van der Waals surface area contributed by atoms with E-state index in [1.165, 1.54) is 13.2 Å². The summed E-state index contributed by atoms with van der Waals surface area (Å²) >= 11 is 0. The number of amides is 1. The standard InChI is InChI=1S/C17H16N4O3/c1-24-16-4-2-3-14(19-16)20-17(23)11-8-21-9-12(10-5-6-10)18-15(21)7-13(11)22/h2-4,7-10,18H,5-6H2,1H3,(H,19,20,23). The van der Waals surface area contributed by atoms with Crippen LogP contribution >= 0.6 is 0 Å². The highest BCUT2D eigenvalue weighted by Gasteiger charge is 2.25. The molecule has 3 aromatic rings. The lowest BCUT2D eigenvalue weighted by atomic mass is 10.2. The Bertz CT molecular complexity index is 985. The normalized spacial score (nSPS) is 13.9. The van der Waals surface area contributed by atoms with Gasteiger partial charge in [0.05, 0.1) is 7.11 Å². The van der Waals surface area contributed by atoms with Gasteiger partial charge in [0.2, 0.25) is 5.88 Å². The molecular weight excluding hydrogens is 308 g/mol. The summed E-state index contributed by atoms with van der Waals surface area (Å²) in [7, 11) is 1.50. The van der Waals surface area contributed by atoms with Crippen molar-refractivity contribution in [1.82, 2.24) is 14.4 Å². The third-order valence-corrected chi connectivity index (χ3v) is 4.07. The number of carbonyl (C=O) groups is 1. The van der Waals surface area contributed by atoms with Crippen molar-refractivity contribution in [3.63, 3.8) is 0 Å². The lowest BCUT2D eigenvalue weighted by Gasteiger charge is -2.06. The van der Waals surface area contributed by atoms with Crippen LogP contribution < -0.4 is 15.5 Å². The first kappa shape index (κ1) is 14.5. The minimum atomic E-state index is -0.496. The highest BCUT2D eigenvalue weighted by molar-refractivity contribution is 6.03. The van der Waals surface area contributed by atoms with E-state index < -0.39 is 5.91 Å². The number of H-pyrrole nitrogens is 1. The molecule has 0 spiro atoms. The quantitative estimate of drug-likeness (QED) is 0.770. The number of imidazole rings is 1. The summed E-state index contributed by atoms with van der Waals surface area (Å²) in [5.41, 5.74) is 1.53. The van der Waals surface area contributed by atoms with Crippen LogP contribution in [0.4, 0.5) is 5.82 Å². The molecule has 7 heteroatoms. The Kier molecular flexibility index (Phi) is 3.34. The number of nitrogens with one attached hydrogen (secondary N) is 2. The maximum Gasteiger partial charge on any atom is 0.262 e. The monoisotopic (exact) mass is 324 g/mol. The molecule has 0 bridgehead atoms. The van der Waals surface area contributed by atoms with Gasteiger partial charge in [0.15, 0.2) is 5.43 Å². The maximum atomic E-state index is 12.4. The number of anilines is 1. The fraction of sp³-hybridized carbons (Fsp3) is 0.235. The molecule has 4 rings (SSSR count). The molecule has 0 atom stereocenters. The van der Waals surface area contributed by atoms with E-state index in [0.29, 0.717) is 23.3 Å². The predicted molar refractivity (Wildman–Crippen MR) is 88.7 cm³/mol. The molecule has 0 aromatic carbocycles. The van der Waals surface area contributed by atoms with Crippen molar-refractivity contribution >= 4 is 17.4 Å². The van der Waals surface area contributed by atoms with Crippen molar-refractivity contribution in [3.05, 3.63) is 58.1 Å². The Balaban J connectivity index is 1.65. The van der Waals surface area contributed by atoms with Gasteiger partial charge in [-0.05, 0) is 18.9 Å². The van der Waals surface area contributed by atoms with Crippen molar-refractivity contribution in [2.75, 3.05) is 12.4 Å². The van der Waals surface area contributed by atoms with Gasteiger partial charge < -0.3 is 19.4 Å². The number of aromatic amines is 1. The number of ether oxygens (including phenoxy) is 1. The highest BCUT2D eigenvalue weighted by atomic mass is 16.5. The lowest BCUT2D eigenvalue weighted by Crippen LogP contribution is -2.22. The van der Waals surface area contributed by atoms with E-state index in [9.17, 15) is 9.59 Å². The summed E-state index contributed by atoms with van der Waals surface area (Å²) in [5.74, 6) is 0.763. The second-order valence-corrected chi connectivity index (χ2v) is 5.85. The van der Waals surface area contributed by atoms with Crippen molar-refractivity contribution < 1.29 is 9.53 Å². The van der Waals surface area contributed by atoms with E-state index in [1.807, 2.05) is 6.20 Å². The van der Waals surface area contributed by atoms with Crippen LogP contribution in [0.25, 0.3) is 5.65 Å². The zero-order valence-corrected chi connectivity index (χ0v) is 13.1. The van der Waals surface area contributed by atoms with Crippen LogP contribution in [0.1, 0.15) is 34.8 Å². The van der Waals surface area contributed by atoms with E-state index >= 15 is 0 Å². The van der Waals surface area contributed by atoms with Crippen molar-refractivity contribution in [1.29, 1.82) is 0 Å². The summed E-state index contributed by atoms with van der Waals surface area (Å²) in [6.07, 6.45) is 5.81. The number of aromatic nitrogens is 3. The Hall–Kier alpha value is -3.09. The van der Waals surface area contributed by atoms with E-state index in [0.717, 1.165) is 18.5 Å². The summed E-state index contributed by atoms with van der Waals surface area (Å²) in [6, 6.07) is 6.47. The molecule has 1 aliphatic rings. The first-order chi connectivity index (χ1) is 11.6. The van der Waals surface area contributed by atoms with E-state index in [-0.39, 0.29) is 11.0 Å². The summed E-state index contributed by atoms with van der Waals surface area (Å²) < 4.78 is 6.80. The molecule has 1 amide bonds. The van der Waals surface area contributed by atoms with E-state index in [2.05, 4.69) is 15.3 Å². The van der Waals surface area contributed by atoms with Crippen LogP contribution in [0, 0.1) is 0 Å². The Morgan fingerprint density at radius 1 is 1.38 bits per heavy atom. The largest absolute Gasteiger partial charge is 0.481 e. The van der Waals surface area contributed by atoms with Gasteiger partial charge in [0, 0.05) is 36.1 Å². The van der Waals surface area contributed by atoms with Gasteiger partial charge in [-0.3, -0.25) is 9.59 Å². The third-order valence-electron chi connectivity index (χ3n) is 4.07. The molecule has 7 nitrogen and oxygen atoms in total. The van der Waals surface area contributed by atoms with Crippen LogP contribution in [-0.4, -0.2) is 27.4 Å². The van der Waals surface area contributed by atoms with Crippen molar-refractivity contribution in [2.45, 2.75) is 18.8 Å². The van der Waals surface area contributed by atoms with Crippen LogP contribution in [0.3, 0.4) is 0 Å². The van der Waals surface area contributed by atoms with Crippen molar-refractivity contribution in [3.8, 4) is 5.88 Å². The predicted octanol–water partition coefficient (Wildman–Crippen LogP) is 2.16. The fourth-order valence-corrected chi connectivity index (χ4v) is 2.64. The second kappa shape index (κ2) is 5.52. The van der Waals surface area contributed by atoms with Gasteiger partial charge >= 0.3 is 0 Å². The zero-order valence-electron chi connectivity index (χ0n) is 13.1. The van der Waals surface area contributed by atoms with E-state index in [1.54, 1.807) is 28.8 Å². The smallest absolute Gasteiger partial charge is 0.262 e. The van der Waals surface area contributed by atoms with Crippen LogP contribution in [0.15, 0.2) is 41.5 Å². The lowest BCUT2D eigenvalue weighted by molar-refractivity contribution is 0.102. The number of hydrogen-bond donors (Lipinski definition) is 2. The van der Waals surface area contributed by atoms with Gasteiger partial charge in [-0.15, -0.1) is 0 Å². The summed E-state index contributed by atoms with van der Waals surface area (Å²) in [4.78, 5) is 32.0. The summed E-state index contributed by atoms with van der Waals surface area (Å²) in [6.45, 7) is 0. The van der Waals surface area contributed by atoms with Gasteiger partial charge in [0.25, 0.3) is 5.91 Å². The van der Waals surface area contributed by atoms with Crippen LogP contribution in [0.5, 0.6) is 5.88 Å². The maximum absolute atomic E-state index is 12.4. The minimum Gasteiger partial charge on any atom is -0.481 e. The topological polar surface area (TPSA) is 88.5 Å². The number of hydrogen-bond acceptors (Lipinski definition) is 4. The van der Waals surface area contributed by atoms with Gasteiger partial charge in [-0.25, -0.2) is 0 Å². The van der Waals surface area contributed by atoms with Crippen LogP contribution in [-0.2, 0) is 0 Å². The molecule has 2 N–H and O–H groups in total. The van der Waals surface area contributed by atoms with Gasteiger partial charge in [0.1, 0.15) is 17.0 Å². The molecule has 0 radical (unpaired) electrons. The molecular formula is C17H16N4O3. The first-order valence-electron chi connectivity index (χ1n) is 7.71. The van der Waals surface area contributed by atoms with Gasteiger partial charge in [-0.2, -0.15) is 4.98 Å². The average molecular weight is 324 g/mol. The number of rotatable bonds is 4. The van der Waals surface area contributed by atoms with Gasteiger partial charge in [-0.1, -0.05) is 6.07 Å². The van der Waals surface area contributed by atoms with Crippen LogP contribution in [0.2, 0.25) is 0 Å². The third kappa shape index (κ3) is 2.64. The molecule has 0 saturated heterocycles. The number of nitrogens with zero attached hydrogens (tertiary/aromatic N) is 2. The highest BCUT2D eigenvalue weighted by Crippen LogP contribution is 2.39. The Morgan fingerprint density at radius 2 is 2.21 bits per heavy atom. The minimum absolute atomic E-state index is 0.0680. The molecule has 1 aliphatic carbocycles. The first-order valence-corrected chi connectivity index (χ1v) is 7.71. The Morgan fingerprint density at radius 3 is 2.96 bits per heavy atom. The molecule has 24 heavy (non-hydrogen) atoms. The fourth-order valence-electron chi connectivity index (χ4n) is 2.64. The number of pyridine rings is 2.